The molecule has 0 spiro atoms. The van der Waals surface area contributed by atoms with Gasteiger partial charge in [0.1, 0.15) is 5.78 Å². The van der Waals surface area contributed by atoms with Crippen LogP contribution in [0.25, 0.3) is 0 Å². The van der Waals surface area contributed by atoms with Crippen LogP contribution in [-0.2, 0) is 4.79 Å². The molecular weight excluding hydrogens is 152 g/mol. The molecule has 1 fully saturated rings. The van der Waals surface area contributed by atoms with Gasteiger partial charge in [-0.25, -0.2) is 0 Å². The number of aliphatic hydroxyl groups excluding tert-OH is 1. The molecule has 1 N–H and O–H groups in total. The molecule has 2 heteroatoms. The third-order valence-corrected chi connectivity index (χ3v) is 2.53. The topological polar surface area (TPSA) is 37.3 Å². The molecule has 0 aromatic carbocycles. The molecule has 0 bridgehead atoms. The molecule has 2 nitrogen and oxygen atoms in total. The molecule has 0 aliphatic heterocycles. The Labute approximate surface area is 74.0 Å². The molecule has 0 radical (unpaired) electrons. The van der Waals surface area contributed by atoms with E-state index in [0.717, 1.165) is 19.3 Å². The number of rotatable bonds is 3. The van der Waals surface area contributed by atoms with E-state index in [1.165, 1.54) is 0 Å². The molecule has 0 aromatic rings. The average Bonchev–Trinajstić information content (AvgIpc) is 2.33. The summed E-state index contributed by atoms with van der Waals surface area (Å²) in [6.45, 7) is 4.14. The minimum Gasteiger partial charge on any atom is -0.392 e. The van der Waals surface area contributed by atoms with Gasteiger partial charge in [0, 0.05) is 12.3 Å². The van der Waals surface area contributed by atoms with Gasteiger partial charge in [-0.05, 0) is 25.2 Å². The first kappa shape index (κ1) is 9.72. The Hall–Kier alpha value is -0.370. The van der Waals surface area contributed by atoms with E-state index in [-0.39, 0.29) is 17.8 Å². The highest BCUT2D eigenvalue weighted by atomic mass is 16.3. The van der Waals surface area contributed by atoms with Gasteiger partial charge in [0.05, 0.1) is 6.10 Å². The molecular formula is C10H18O2. The Morgan fingerprint density at radius 1 is 1.58 bits per heavy atom. The molecule has 70 valence electrons. The van der Waals surface area contributed by atoms with Crippen molar-refractivity contribution in [3.05, 3.63) is 0 Å². The zero-order chi connectivity index (χ0) is 9.14. The summed E-state index contributed by atoms with van der Waals surface area (Å²) in [5.41, 5.74) is 0. The first-order chi connectivity index (χ1) is 5.61. The minimum atomic E-state index is -0.389. The number of aliphatic hydroxyl groups is 1. The van der Waals surface area contributed by atoms with Gasteiger partial charge in [0.2, 0.25) is 0 Å². The summed E-state index contributed by atoms with van der Waals surface area (Å²) in [7, 11) is 0. The van der Waals surface area contributed by atoms with E-state index in [2.05, 4.69) is 13.8 Å². The van der Waals surface area contributed by atoms with E-state index in [9.17, 15) is 9.90 Å². The fraction of sp³-hybridized carbons (Fsp3) is 0.900. The second kappa shape index (κ2) is 4.04. The predicted molar refractivity (Wildman–Crippen MR) is 47.8 cm³/mol. The molecule has 1 rings (SSSR count). The molecule has 0 amide bonds. The lowest BCUT2D eigenvalue weighted by Gasteiger charge is -2.17. The Balaban J connectivity index is 2.40. The minimum absolute atomic E-state index is 0.0487. The largest absolute Gasteiger partial charge is 0.392 e. The number of ketones is 1. The fourth-order valence-corrected chi connectivity index (χ4v) is 1.90. The van der Waals surface area contributed by atoms with Crippen molar-refractivity contribution in [2.45, 2.75) is 45.6 Å². The zero-order valence-corrected chi connectivity index (χ0v) is 7.92. The first-order valence-electron chi connectivity index (χ1n) is 4.82. The van der Waals surface area contributed by atoms with E-state index < -0.39 is 0 Å². The number of hydrogen-bond donors (Lipinski definition) is 1. The van der Waals surface area contributed by atoms with Crippen molar-refractivity contribution < 1.29 is 9.90 Å². The molecule has 0 saturated heterocycles. The summed E-state index contributed by atoms with van der Waals surface area (Å²) in [4.78, 5) is 11.2. The van der Waals surface area contributed by atoms with Gasteiger partial charge >= 0.3 is 0 Å². The molecule has 12 heavy (non-hydrogen) atoms. The van der Waals surface area contributed by atoms with Gasteiger partial charge in [-0.1, -0.05) is 13.8 Å². The van der Waals surface area contributed by atoms with E-state index >= 15 is 0 Å². The van der Waals surface area contributed by atoms with Crippen LogP contribution in [0.5, 0.6) is 0 Å². The van der Waals surface area contributed by atoms with Crippen molar-refractivity contribution in [2.75, 3.05) is 0 Å². The Kier molecular flexibility index (Phi) is 3.27. The standard InChI is InChI=1S/C10H18O2/c1-7(2)6-10(12)8-4-3-5-9(8)11/h7-8,10,12H,3-6H2,1-2H3. The number of hydrogen-bond acceptors (Lipinski definition) is 2. The summed E-state index contributed by atoms with van der Waals surface area (Å²) in [5.74, 6) is 0.698. The van der Waals surface area contributed by atoms with E-state index in [4.69, 9.17) is 0 Å². The van der Waals surface area contributed by atoms with Gasteiger partial charge in [-0.2, -0.15) is 0 Å². The summed E-state index contributed by atoms with van der Waals surface area (Å²) in [6.07, 6.45) is 2.92. The Bertz CT molecular complexity index is 163. The van der Waals surface area contributed by atoms with Crippen molar-refractivity contribution in [1.82, 2.24) is 0 Å². The predicted octanol–water partition coefficient (Wildman–Crippen LogP) is 1.76. The average molecular weight is 170 g/mol. The third kappa shape index (κ3) is 2.31. The van der Waals surface area contributed by atoms with Gasteiger partial charge in [-0.15, -0.1) is 0 Å². The van der Waals surface area contributed by atoms with Crippen molar-refractivity contribution in [1.29, 1.82) is 0 Å². The normalized spacial score (nSPS) is 26.7. The monoisotopic (exact) mass is 170 g/mol. The molecule has 0 aromatic heterocycles. The Morgan fingerprint density at radius 2 is 2.25 bits per heavy atom. The summed E-state index contributed by atoms with van der Waals surface area (Å²) in [5, 5.41) is 9.67. The van der Waals surface area contributed by atoms with Crippen LogP contribution in [0, 0.1) is 11.8 Å². The summed E-state index contributed by atoms with van der Waals surface area (Å²) >= 11 is 0. The van der Waals surface area contributed by atoms with Crippen LogP contribution in [0.2, 0.25) is 0 Å². The van der Waals surface area contributed by atoms with Crippen molar-refractivity contribution >= 4 is 5.78 Å². The van der Waals surface area contributed by atoms with Gasteiger partial charge in [-0.3, -0.25) is 4.79 Å². The molecule has 1 saturated carbocycles. The number of carbonyl (C=O) groups is 1. The summed E-state index contributed by atoms with van der Waals surface area (Å²) < 4.78 is 0. The number of carbonyl (C=O) groups excluding carboxylic acids is 1. The van der Waals surface area contributed by atoms with Crippen LogP contribution < -0.4 is 0 Å². The van der Waals surface area contributed by atoms with E-state index in [0.29, 0.717) is 12.3 Å². The number of Topliss-reactive ketones (excluding diaryl/α,β-unsaturated/α-hetero) is 1. The molecule has 1 aliphatic carbocycles. The quantitative estimate of drug-likeness (QED) is 0.700. The second-order valence-corrected chi connectivity index (χ2v) is 4.16. The van der Waals surface area contributed by atoms with Gasteiger partial charge in [0.15, 0.2) is 0 Å². The lowest BCUT2D eigenvalue weighted by atomic mass is 9.93. The maximum Gasteiger partial charge on any atom is 0.138 e. The molecule has 0 heterocycles. The second-order valence-electron chi connectivity index (χ2n) is 4.16. The lowest BCUT2D eigenvalue weighted by Crippen LogP contribution is -2.25. The molecule has 1 aliphatic rings. The summed E-state index contributed by atoms with van der Waals surface area (Å²) in [6, 6.07) is 0. The van der Waals surface area contributed by atoms with Gasteiger partial charge in [0.25, 0.3) is 0 Å². The maximum atomic E-state index is 11.2. The zero-order valence-electron chi connectivity index (χ0n) is 7.92. The van der Waals surface area contributed by atoms with Crippen LogP contribution in [0.4, 0.5) is 0 Å². The van der Waals surface area contributed by atoms with Crippen molar-refractivity contribution in [3.8, 4) is 0 Å². The van der Waals surface area contributed by atoms with E-state index in [1.54, 1.807) is 0 Å². The molecule has 2 unspecified atom stereocenters. The SMILES string of the molecule is CC(C)CC(O)C1CCCC1=O. The van der Waals surface area contributed by atoms with Gasteiger partial charge < -0.3 is 5.11 Å². The highest BCUT2D eigenvalue weighted by Gasteiger charge is 2.30. The smallest absolute Gasteiger partial charge is 0.138 e. The van der Waals surface area contributed by atoms with Crippen LogP contribution in [0.1, 0.15) is 39.5 Å². The maximum absolute atomic E-state index is 11.2. The van der Waals surface area contributed by atoms with Crippen LogP contribution in [0.3, 0.4) is 0 Å². The highest BCUT2D eigenvalue weighted by molar-refractivity contribution is 5.83. The lowest BCUT2D eigenvalue weighted by molar-refractivity contribution is -0.123. The van der Waals surface area contributed by atoms with Crippen molar-refractivity contribution in [2.24, 2.45) is 11.8 Å². The van der Waals surface area contributed by atoms with E-state index in [1.807, 2.05) is 0 Å². The van der Waals surface area contributed by atoms with Crippen LogP contribution >= 0.6 is 0 Å². The third-order valence-electron chi connectivity index (χ3n) is 2.53. The first-order valence-corrected chi connectivity index (χ1v) is 4.82. The van der Waals surface area contributed by atoms with Crippen molar-refractivity contribution in [3.63, 3.8) is 0 Å². The fourth-order valence-electron chi connectivity index (χ4n) is 1.90. The molecule has 2 atom stereocenters. The highest BCUT2D eigenvalue weighted by Crippen LogP contribution is 2.27. The van der Waals surface area contributed by atoms with Crippen LogP contribution in [0.15, 0.2) is 0 Å². The van der Waals surface area contributed by atoms with Crippen LogP contribution in [-0.4, -0.2) is 17.0 Å². The Morgan fingerprint density at radius 3 is 2.67 bits per heavy atom.